The zero-order chi connectivity index (χ0) is 10.8. The van der Waals surface area contributed by atoms with E-state index in [2.05, 4.69) is 4.90 Å². The van der Waals surface area contributed by atoms with Crippen molar-refractivity contribution in [1.29, 1.82) is 0 Å². The van der Waals surface area contributed by atoms with Gasteiger partial charge in [-0.05, 0) is 31.0 Å². The third kappa shape index (κ3) is 1.90. The molecule has 1 atom stereocenters. The molecule has 0 saturated carbocycles. The maximum atomic E-state index is 12.9. The summed E-state index contributed by atoms with van der Waals surface area (Å²) in [7, 11) is 0. The average Bonchev–Trinajstić information content (AvgIpc) is 2.65. The molecular weight excluding hydrogens is 195 g/mol. The standard InChI is InChI=1S/C11H15FN2O/c12-8-3-4-11(10(13)6-8)14-5-1-2-9(14)7-15/h3-4,6,9,15H,1-2,5,7,13H2. The fourth-order valence-corrected chi connectivity index (χ4v) is 2.13. The summed E-state index contributed by atoms with van der Waals surface area (Å²) < 4.78 is 12.9. The third-order valence-corrected chi connectivity index (χ3v) is 2.89. The summed E-state index contributed by atoms with van der Waals surface area (Å²) >= 11 is 0. The second kappa shape index (κ2) is 4.06. The van der Waals surface area contributed by atoms with Gasteiger partial charge in [0.2, 0.25) is 0 Å². The Morgan fingerprint density at radius 3 is 3.00 bits per heavy atom. The number of anilines is 2. The van der Waals surface area contributed by atoms with Crippen LogP contribution in [0.25, 0.3) is 0 Å². The molecule has 1 aliphatic heterocycles. The van der Waals surface area contributed by atoms with Crippen LogP contribution in [0.3, 0.4) is 0 Å². The van der Waals surface area contributed by atoms with E-state index in [1.807, 2.05) is 0 Å². The number of hydrogen-bond acceptors (Lipinski definition) is 3. The molecule has 0 radical (unpaired) electrons. The van der Waals surface area contributed by atoms with Gasteiger partial charge in [-0.3, -0.25) is 0 Å². The normalized spacial score (nSPS) is 20.9. The van der Waals surface area contributed by atoms with Gasteiger partial charge < -0.3 is 15.7 Å². The second-order valence-corrected chi connectivity index (χ2v) is 3.88. The van der Waals surface area contributed by atoms with Crippen molar-refractivity contribution in [1.82, 2.24) is 0 Å². The molecule has 1 heterocycles. The number of aliphatic hydroxyl groups is 1. The van der Waals surface area contributed by atoms with E-state index in [4.69, 9.17) is 5.73 Å². The lowest BCUT2D eigenvalue weighted by atomic mass is 10.2. The van der Waals surface area contributed by atoms with Gasteiger partial charge in [0.05, 0.1) is 24.0 Å². The van der Waals surface area contributed by atoms with Crippen LogP contribution >= 0.6 is 0 Å². The van der Waals surface area contributed by atoms with Gasteiger partial charge in [-0.1, -0.05) is 0 Å². The van der Waals surface area contributed by atoms with E-state index in [0.29, 0.717) is 5.69 Å². The van der Waals surface area contributed by atoms with E-state index in [1.165, 1.54) is 12.1 Å². The Bertz CT molecular complexity index is 356. The SMILES string of the molecule is Nc1cc(F)ccc1N1CCCC1CO. The first kappa shape index (κ1) is 10.2. The molecule has 1 unspecified atom stereocenters. The molecule has 0 amide bonds. The van der Waals surface area contributed by atoms with Gasteiger partial charge in [0, 0.05) is 6.54 Å². The van der Waals surface area contributed by atoms with Crippen LogP contribution < -0.4 is 10.6 Å². The molecule has 1 fully saturated rings. The molecule has 15 heavy (non-hydrogen) atoms. The van der Waals surface area contributed by atoms with Crippen LogP contribution in [0.2, 0.25) is 0 Å². The molecule has 1 aromatic rings. The van der Waals surface area contributed by atoms with Crippen LogP contribution in [0.4, 0.5) is 15.8 Å². The Labute approximate surface area is 88.3 Å². The van der Waals surface area contributed by atoms with E-state index in [9.17, 15) is 9.50 Å². The lowest BCUT2D eigenvalue weighted by Gasteiger charge is -2.26. The molecule has 0 bridgehead atoms. The highest BCUT2D eigenvalue weighted by Gasteiger charge is 2.25. The molecular formula is C11H15FN2O. The molecule has 1 aromatic carbocycles. The molecule has 3 N–H and O–H groups in total. The Morgan fingerprint density at radius 1 is 1.53 bits per heavy atom. The fourth-order valence-electron chi connectivity index (χ4n) is 2.13. The lowest BCUT2D eigenvalue weighted by Crippen LogP contribution is -2.32. The minimum atomic E-state index is -0.323. The van der Waals surface area contributed by atoms with Crippen molar-refractivity contribution in [3.63, 3.8) is 0 Å². The zero-order valence-electron chi connectivity index (χ0n) is 8.49. The molecule has 1 saturated heterocycles. The smallest absolute Gasteiger partial charge is 0.125 e. The summed E-state index contributed by atoms with van der Waals surface area (Å²) in [4.78, 5) is 2.05. The highest BCUT2D eigenvalue weighted by molar-refractivity contribution is 5.68. The van der Waals surface area contributed by atoms with Gasteiger partial charge >= 0.3 is 0 Å². The number of rotatable bonds is 2. The Kier molecular flexibility index (Phi) is 2.77. The van der Waals surface area contributed by atoms with Gasteiger partial charge in [0.15, 0.2) is 0 Å². The van der Waals surface area contributed by atoms with Crippen molar-refractivity contribution in [2.45, 2.75) is 18.9 Å². The monoisotopic (exact) mass is 210 g/mol. The van der Waals surface area contributed by atoms with Crippen LogP contribution in [0.1, 0.15) is 12.8 Å². The average molecular weight is 210 g/mol. The minimum absolute atomic E-state index is 0.122. The quantitative estimate of drug-likeness (QED) is 0.725. The first-order valence-corrected chi connectivity index (χ1v) is 5.15. The van der Waals surface area contributed by atoms with Crippen LogP contribution in [-0.2, 0) is 0 Å². The second-order valence-electron chi connectivity index (χ2n) is 3.88. The molecule has 1 aliphatic rings. The molecule has 0 aromatic heterocycles. The highest BCUT2D eigenvalue weighted by Crippen LogP contribution is 2.30. The summed E-state index contributed by atoms with van der Waals surface area (Å²) in [6.07, 6.45) is 2.01. The third-order valence-electron chi connectivity index (χ3n) is 2.89. The molecule has 0 aliphatic carbocycles. The first-order valence-electron chi connectivity index (χ1n) is 5.15. The van der Waals surface area contributed by atoms with Crippen LogP contribution in [-0.4, -0.2) is 24.3 Å². The number of halogens is 1. The number of nitrogens with zero attached hydrogens (tertiary/aromatic N) is 1. The fraction of sp³-hybridized carbons (Fsp3) is 0.455. The molecule has 82 valence electrons. The molecule has 3 nitrogen and oxygen atoms in total. The largest absolute Gasteiger partial charge is 0.397 e. The lowest BCUT2D eigenvalue weighted by molar-refractivity contribution is 0.266. The minimum Gasteiger partial charge on any atom is -0.397 e. The van der Waals surface area contributed by atoms with Crippen LogP contribution in [0.15, 0.2) is 18.2 Å². The van der Waals surface area contributed by atoms with Crippen molar-refractivity contribution >= 4 is 11.4 Å². The summed E-state index contributed by atoms with van der Waals surface area (Å²) in [5.74, 6) is -0.323. The summed E-state index contributed by atoms with van der Waals surface area (Å²) in [6.45, 7) is 0.998. The van der Waals surface area contributed by atoms with Crippen molar-refractivity contribution < 1.29 is 9.50 Å². The maximum Gasteiger partial charge on any atom is 0.125 e. The van der Waals surface area contributed by atoms with E-state index in [-0.39, 0.29) is 18.5 Å². The molecule has 4 heteroatoms. The Balaban J connectivity index is 2.28. The van der Waals surface area contributed by atoms with Gasteiger partial charge in [0.25, 0.3) is 0 Å². The summed E-state index contributed by atoms with van der Waals surface area (Å²) in [5.41, 5.74) is 7.02. The number of aliphatic hydroxyl groups excluding tert-OH is 1. The van der Waals surface area contributed by atoms with Crippen LogP contribution in [0, 0.1) is 5.82 Å². The zero-order valence-corrected chi connectivity index (χ0v) is 8.49. The van der Waals surface area contributed by atoms with Crippen LogP contribution in [0.5, 0.6) is 0 Å². The van der Waals surface area contributed by atoms with E-state index in [0.717, 1.165) is 25.1 Å². The summed E-state index contributed by atoms with van der Waals surface area (Å²) in [6, 6.07) is 4.52. The highest BCUT2D eigenvalue weighted by atomic mass is 19.1. The van der Waals surface area contributed by atoms with Crippen molar-refractivity contribution in [3.8, 4) is 0 Å². The number of nitrogens with two attached hydrogens (primary N) is 1. The van der Waals surface area contributed by atoms with E-state index < -0.39 is 0 Å². The van der Waals surface area contributed by atoms with Gasteiger partial charge in [0.1, 0.15) is 5.82 Å². The van der Waals surface area contributed by atoms with Crippen molar-refractivity contribution in [3.05, 3.63) is 24.0 Å². The van der Waals surface area contributed by atoms with E-state index in [1.54, 1.807) is 6.07 Å². The first-order chi connectivity index (χ1) is 7.22. The Morgan fingerprint density at radius 2 is 2.33 bits per heavy atom. The predicted octanol–water partition coefficient (Wildman–Crippen LogP) is 1.37. The topological polar surface area (TPSA) is 49.5 Å². The molecule has 0 spiro atoms. The van der Waals surface area contributed by atoms with Gasteiger partial charge in [-0.25, -0.2) is 4.39 Å². The summed E-state index contributed by atoms with van der Waals surface area (Å²) in [5, 5.41) is 9.19. The maximum absolute atomic E-state index is 12.9. The number of nitrogen functional groups attached to an aromatic ring is 1. The number of hydrogen-bond donors (Lipinski definition) is 2. The number of benzene rings is 1. The van der Waals surface area contributed by atoms with Crippen molar-refractivity contribution in [2.75, 3.05) is 23.8 Å². The van der Waals surface area contributed by atoms with Crippen molar-refractivity contribution in [2.24, 2.45) is 0 Å². The van der Waals surface area contributed by atoms with Gasteiger partial charge in [-0.2, -0.15) is 0 Å². The van der Waals surface area contributed by atoms with Gasteiger partial charge in [-0.15, -0.1) is 0 Å². The van der Waals surface area contributed by atoms with E-state index >= 15 is 0 Å². The predicted molar refractivity (Wildman–Crippen MR) is 58.3 cm³/mol. The molecule has 2 rings (SSSR count). The Hall–Kier alpha value is -1.29.